The van der Waals surface area contributed by atoms with Gasteiger partial charge in [0.15, 0.2) is 5.82 Å². The van der Waals surface area contributed by atoms with Crippen LogP contribution in [0, 0.1) is 5.82 Å². The van der Waals surface area contributed by atoms with Gasteiger partial charge in [0.05, 0.1) is 18.4 Å². The highest BCUT2D eigenvalue weighted by Gasteiger charge is 2.20. The van der Waals surface area contributed by atoms with Crippen molar-refractivity contribution in [2.45, 2.75) is 11.6 Å². The van der Waals surface area contributed by atoms with E-state index >= 15 is 0 Å². The van der Waals surface area contributed by atoms with Gasteiger partial charge < -0.3 is 9.73 Å². The second kappa shape index (κ2) is 5.37. The molecule has 0 saturated heterocycles. The van der Waals surface area contributed by atoms with Gasteiger partial charge in [-0.05, 0) is 25.2 Å². The number of sulfonamides is 1. The van der Waals surface area contributed by atoms with Gasteiger partial charge in [0, 0.05) is 6.20 Å². The summed E-state index contributed by atoms with van der Waals surface area (Å²) in [6.45, 7) is 0.402. The number of halogens is 1. The third kappa shape index (κ3) is 3.09. The minimum atomic E-state index is -3.95. The molecule has 2 heterocycles. The smallest absolute Gasteiger partial charge is 0.295 e. The highest BCUT2D eigenvalue weighted by molar-refractivity contribution is 7.92. The first-order chi connectivity index (χ1) is 9.03. The maximum Gasteiger partial charge on any atom is 0.295 e. The van der Waals surface area contributed by atoms with E-state index in [4.69, 9.17) is 4.42 Å². The van der Waals surface area contributed by atoms with Crippen LogP contribution in [0.3, 0.4) is 0 Å². The minimum Gasteiger partial charge on any atom is -0.446 e. The molecule has 0 unspecified atom stereocenters. The lowest BCUT2D eigenvalue weighted by atomic mass is 10.4. The largest absolute Gasteiger partial charge is 0.446 e. The highest BCUT2D eigenvalue weighted by Crippen LogP contribution is 2.19. The first-order valence-corrected chi connectivity index (χ1v) is 6.87. The summed E-state index contributed by atoms with van der Waals surface area (Å²) >= 11 is 0. The third-order valence-electron chi connectivity index (χ3n) is 2.27. The highest BCUT2D eigenvalue weighted by atomic mass is 32.2. The lowest BCUT2D eigenvalue weighted by molar-refractivity contribution is 0.408. The Morgan fingerprint density at radius 1 is 1.37 bits per heavy atom. The Morgan fingerprint density at radius 3 is 2.84 bits per heavy atom. The van der Waals surface area contributed by atoms with Crippen LogP contribution in [-0.2, 0) is 16.6 Å². The summed E-state index contributed by atoms with van der Waals surface area (Å²) in [7, 11) is -2.24. The zero-order valence-electron chi connectivity index (χ0n) is 10.1. The van der Waals surface area contributed by atoms with Crippen molar-refractivity contribution in [1.29, 1.82) is 0 Å². The lowest BCUT2D eigenvalue weighted by Gasteiger charge is -2.05. The third-order valence-corrected chi connectivity index (χ3v) is 3.51. The Balaban J connectivity index is 2.25. The van der Waals surface area contributed by atoms with E-state index in [9.17, 15) is 12.8 Å². The van der Waals surface area contributed by atoms with Crippen molar-refractivity contribution in [3.05, 3.63) is 42.2 Å². The number of hydrogen-bond acceptors (Lipinski definition) is 5. The lowest BCUT2D eigenvalue weighted by Crippen LogP contribution is -2.13. The number of aromatic nitrogens is 1. The molecule has 2 aromatic heterocycles. The Kier molecular flexibility index (Phi) is 3.82. The molecule has 0 aliphatic rings. The molecule has 6 nitrogen and oxygen atoms in total. The van der Waals surface area contributed by atoms with Crippen LogP contribution in [-0.4, -0.2) is 20.4 Å². The molecular weight excluding hydrogens is 273 g/mol. The molecule has 2 N–H and O–H groups in total. The number of nitrogens with one attached hydrogen (secondary N) is 2. The van der Waals surface area contributed by atoms with E-state index < -0.39 is 15.8 Å². The first kappa shape index (κ1) is 13.5. The number of nitrogens with zero attached hydrogens (tertiary/aromatic N) is 1. The van der Waals surface area contributed by atoms with Crippen LogP contribution < -0.4 is 10.0 Å². The van der Waals surface area contributed by atoms with Crippen LogP contribution in [0.5, 0.6) is 0 Å². The summed E-state index contributed by atoms with van der Waals surface area (Å²) in [4.78, 5) is 3.53. The van der Waals surface area contributed by atoms with Crippen molar-refractivity contribution in [2.24, 2.45) is 0 Å². The molecule has 2 aromatic rings. The quantitative estimate of drug-likeness (QED) is 0.866. The number of furan rings is 1. The van der Waals surface area contributed by atoms with Gasteiger partial charge in [-0.25, -0.2) is 4.39 Å². The van der Waals surface area contributed by atoms with E-state index in [1.807, 2.05) is 0 Å². The Morgan fingerprint density at radius 2 is 2.16 bits per heavy atom. The molecule has 2 rings (SSSR count). The number of rotatable bonds is 5. The van der Waals surface area contributed by atoms with Crippen LogP contribution in [0.4, 0.5) is 10.1 Å². The number of hydrogen-bond donors (Lipinski definition) is 2. The first-order valence-electron chi connectivity index (χ1n) is 5.38. The summed E-state index contributed by atoms with van der Waals surface area (Å²) in [6.07, 6.45) is 2.21. The van der Waals surface area contributed by atoms with Gasteiger partial charge in [-0.3, -0.25) is 9.71 Å². The maximum absolute atomic E-state index is 13.3. The zero-order chi connectivity index (χ0) is 13.9. The molecule has 0 bridgehead atoms. The van der Waals surface area contributed by atoms with Crippen LogP contribution in [0.1, 0.15) is 5.76 Å². The predicted octanol–water partition coefficient (Wildman–Crippen LogP) is 1.33. The molecule has 0 aliphatic heterocycles. The zero-order valence-corrected chi connectivity index (χ0v) is 10.9. The van der Waals surface area contributed by atoms with Crippen LogP contribution in [0.15, 0.2) is 40.1 Å². The molecular formula is C11H12FN3O3S. The Hall–Kier alpha value is -1.93. The molecule has 0 amide bonds. The molecule has 0 spiro atoms. The summed E-state index contributed by atoms with van der Waals surface area (Å²) in [6, 6.07) is 4.08. The molecule has 0 saturated carbocycles. The normalized spacial score (nSPS) is 11.5. The molecule has 8 heteroatoms. The fourth-order valence-electron chi connectivity index (χ4n) is 1.42. The van der Waals surface area contributed by atoms with Crippen molar-refractivity contribution < 1.29 is 17.2 Å². The molecule has 0 fully saturated rings. The molecule has 0 atom stereocenters. The predicted molar refractivity (Wildman–Crippen MR) is 66.5 cm³/mol. The van der Waals surface area contributed by atoms with Gasteiger partial charge in [0.25, 0.3) is 10.0 Å². The van der Waals surface area contributed by atoms with E-state index in [1.54, 1.807) is 7.05 Å². The number of pyridine rings is 1. The standard InChI is InChI=1S/C11H12FN3O3S/c1-13-6-8-2-3-11(18-8)19(16,17)15-10-4-5-14-7-9(10)12/h2-5,7,13H,6H2,1H3,(H,14,15). The van der Waals surface area contributed by atoms with Gasteiger partial charge in [-0.15, -0.1) is 0 Å². The van der Waals surface area contributed by atoms with Crippen LogP contribution in [0.25, 0.3) is 0 Å². The maximum atomic E-state index is 13.3. The minimum absolute atomic E-state index is 0.179. The fourth-order valence-corrected chi connectivity index (χ4v) is 2.44. The van der Waals surface area contributed by atoms with Gasteiger partial charge in [-0.1, -0.05) is 0 Å². The molecule has 0 radical (unpaired) electrons. The van der Waals surface area contributed by atoms with Gasteiger partial charge >= 0.3 is 0 Å². The summed E-state index contributed by atoms with van der Waals surface area (Å²) in [5, 5.41) is 2.56. The van der Waals surface area contributed by atoms with Crippen LogP contribution in [0.2, 0.25) is 0 Å². The summed E-state index contributed by atoms with van der Waals surface area (Å²) in [5.41, 5.74) is -0.179. The van der Waals surface area contributed by atoms with E-state index in [0.717, 1.165) is 6.20 Å². The Bertz CT molecular complexity index is 669. The van der Waals surface area contributed by atoms with Crippen molar-refractivity contribution in [3.63, 3.8) is 0 Å². The summed E-state index contributed by atoms with van der Waals surface area (Å²) < 4.78 is 44.5. The molecule has 102 valence electrons. The SMILES string of the molecule is CNCc1ccc(S(=O)(=O)Nc2ccncc2F)o1. The van der Waals surface area contributed by atoms with Crippen molar-refractivity contribution in [2.75, 3.05) is 11.8 Å². The van der Waals surface area contributed by atoms with Gasteiger partial charge in [0.1, 0.15) is 5.76 Å². The van der Waals surface area contributed by atoms with E-state index in [-0.39, 0.29) is 10.8 Å². The average Bonchev–Trinajstić information content (AvgIpc) is 2.82. The van der Waals surface area contributed by atoms with E-state index in [0.29, 0.717) is 12.3 Å². The Labute approximate surface area is 109 Å². The van der Waals surface area contributed by atoms with Crippen LogP contribution >= 0.6 is 0 Å². The van der Waals surface area contributed by atoms with E-state index in [2.05, 4.69) is 15.0 Å². The number of anilines is 1. The molecule has 0 aromatic carbocycles. The fraction of sp³-hybridized carbons (Fsp3) is 0.182. The second-order valence-corrected chi connectivity index (χ2v) is 5.33. The van der Waals surface area contributed by atoms with Crippen molar-refractivity contribution in [1.82, 2.24) is 10.3 Å². The summed E-state index contributed by atoms with van der Waals surface area (Å²) in [5.74, 6) is -0.286. The van der Waals surface area contributed by atoms with Crippen molar-refractivity contribution >= 4 is 15.7 Å². The monoisotopic (exact) mass is 285 g/mol. The topological polar surface area (TPSA) is 84.2 Å². The van der Waals surface area contributed by atoms with Gasteiger partial charge in [-0.2, -0.15) is 8.42 Å². The van der Waals surface area contributed by atoms with Gasteiger partial charge in [0.2, 0.25) is 5.09 Å². The van der Waals surface area contributed by atoms with Crippen molar-refractivity contribution in [3.8, 4) is 0 Å². The molecule has 19 heavy (non-hydrogen) atoms. The van der Waals surface area contributed by atoms with E-state index in [1.165, 1.54) is 24.4 Å². The second-order valence-electron chi connectivity index (χ2n) is 3.71. The average molecular weight is 285 g/mol. The molecule has 0 aliphatic carbocycles.